The molecule has 0 saturated carbocycles. The Morgan fingerprint density at radius 1 is 0.458 bits per heavy atom. The van der Waals surface area contributed by atoms with Crippen molar-refractivity contribution in [1.29, 1.82) is 0 Å². The number of esters is 2. The average molecular weight is 677 g/mol. The highest BCUT2D eigenvalue weighted by Crippen LogP contribution is 2.14. The molecule has 0 amide bonds. The van der Waals surface area contributed by atoms with Gasteiger partial charge >= 0.3 is 11.9 Å². The fraction of sp³-hybridized carbons (Fsp3) is 0.860. The first-order valence-corrected chi connectivity index (χ1v) is 20.9. The van der Waals surface area contributed by atoms with Crippen LogP contribution in [0.15, 0.2) is 24.3 Å². The van der Waals surface area contributed by atoms with Crippen LogP contribution in [-0.4, -0.2) is 36.4 Å². The van der Waals surface area contributed by atoms with Gasteiger partial charge in [-0.3, -0.25) is 9.59 Å². The van der Waals surface area contributed by atoms with Gasteiger partial charge in [-0.1, -0.05) is 167 Å². The molecule has 0 radical (unpaired) electrons. The summed E-state index contributed by atoms with van der Waals surface area (Å²) in [7, 11) is 0. The minimum Gasteiger partial charge on any atom is -0.462 e. The van der Waals surface area contributed by atoms with Gasteiger partial charge in [0.25, 0.3) is 0 Å². The van der Waals surface area contributed by atoms with Crippen LogP contribution in [0.1, 0.15) is 219 Å². The van der Waals surface area contributed by atoms with Crippen LogP contribution in [0.4, 0.5) is 0 Å². The number of allylic oxidation sites excluding steroid dienone is 4. The summed E-state index contributed by atoms with van der Waals surface area (Å²) in [5.74, 6) is -0.592. The third-order valence-corrected chi connectivity index (χ3v) is 9.22. The Hall–Kier alpha value is -1.62. The van der Waals surface area contributed by atoms with Gasteiger partial charge in [0.1, 0.15) is 6.61 Å². The molecular formula is C43H80O5. The van der Waals surface area contributed by atoms with Gasteiger partial charge in [-0.15, -0.1) is 0 Å². The van der Waals surface area contributed by atoms with E-state index >= 15 is 0 Å². The van der Waals surface area contributed by atoms with E-state index in [1.807, 2.05) is 0 Å². The lowest BCUT2D eigenvalue weighted by molar-refractivity contribution is -0.161. The summed E-state index contributed by atoms with van der Waals surface area (Å²) in [6.45, 7) is 4.13. The molecule has 282 valence electrons. The third-order valence-electron chi connectivity index (χ3n) is 9.22. The Labute approximate surface area is 298 Å². The van der Waals surface area contributed by atoms with Crippen molar-refractivity contribution in [1.82, 2.24) is 0 Å². The molecule has 0 aromatic rings. The van der Waals surface area contributed by atoms with Crippen molar-refractivity contribution in [2.75, 3.05) is 13.2 Å². The standard InChI is InChI=1S/C43H80O5/c1-3-5-7-9-11-13-15-17-19-20-21-22-24-25-27-29-31-33-35-37-42(45)47-40-41(39-44)48-43(46)38-36-34-32-30-28-26-23-18-16-14-12-10-8-6-4-2/h14,16-17,19,41,44H,3-13,15,18,20-40H2,1-2H3/b16-14-,19-17-/t41-/m0/s1. The van der Waals surface area contributed by atoms with E-state index in [1.54, 1.807) is 0 Å². The molecule has 0 aliphatic carbocycles. The van der Waals surface area contributed by atoms with Crippen LogP contribution in [0.5, 0.6) is 0 Å². The molecule has 5 nitrogen and oxygen atoms in total. The maximum atomic E-state index is 12.2. The minimum atomic E-state index is -0.770. The molecule has 1 atom stereocenters. The zero-order valence-electron chi connectivity index (χ0n) is 32.0. The Kier molecular flexibility index (Phi) is 38.5. The third kappa shape index (κ3) is 37.2. The fourth-order valence-corrected chi connectivity index (χ4v) is 6.01. The second-order valence-corrected chi connectivity index (χ2v) is 14.1. The van der Waals surface area contributed by atoms with Gasteiger partial charge in [-0.25, -0.2) is 0 Å². The molecule has 0 heterocycles. The van der Waals surface area contributed by atoms with E-state index in [0.717, 1.165) is 38.5 Å². The van der Waals surface area contributed by atoms with Crippen molar-refractivity contribution in [3.05, 3.63) is 24.3 Å². The lowest BCUT2D eigenvalue weighted by Crippen LogP contribution is -2.28. The number of rotatable bonds is 38. The molecule has 0 aromatic heterocycles. The fourth-order valence-electron chi connectivity index (χ4n) is 6.01. The molecule has 48 heavy (non-hydrogen) atoms. The number of aliphatic hydroxyl groups excluding tert-OH is 1. The molecule has 1 N–H and O–H groups in total. The van der Waals surface area contributed by atoms with Crippen LogP contribution in [-0.2, 0) is 19.1 Å². The second kappa shape index (κ2) is 39.8. The minimum absolute atomic E-state index is 0.0654. The van der Waals surface area contributed by atoms with Crippen molar-refractivity contribution in [3.8, 4) is 0 Å². The molecule has 0 aliphatic rings. The first kappa shape index (κ1) is 46.4. The van der Waals surface area contributed by atoms with Crippen molar-refractivity contribution < 1.29 is 24.2 Å². The van der Waals surface area contributed by atoms with Crippen molar-refractivity contribution >= 4 is 11.9 Å². The Balaban J connectivity index is 3.52. The molecule has 0 rings (SSSR count). The van der Waals surface area contributed by atoms with Crippen molar-refractivity contribution in [3.63, 3.8) is 0 Å². The number of carbonyl (C=O) groups excluding carboxylic acids is 2. The predicted molar refractivity (Wildman–Crippen MR) is 205 cm³/mol. The van der Waals surface area contributed by atoms with Gasteiger partial charge in [0.2, 0.25) is 0 Å². The zero-order valence-corrected chi connectivity index (χ0v) is 32.0. The van der Waals surface area contributed by atoms with Crippen LogP contribution in [0, 0.1) is 0 Å². The highest BCUT2D eigenvalue weighted by atomic mass is 16.6. The number of ether oxygens (including phenoxy) is 2. The monoisotopic (exact) mass is 677 g/mol. The highest BCUT2D eigenvalue weighted by Gasteiger charge is 2.16. The Bertz CT molecular complexity index is 731. The summed E-state index contributed by atoms with van der Waals surface area (Å²) in [4.78, 5) is 24.3. The number of hydrogen-bond acceptors (Lipinski definition) is 5. The van der Waals surface area contributed by atoms with Gasteiger partial charge < -0.3 is 14.6 Å². The number of unbranched alkanes of at least 4 members (excludes halogenated alkanes) is 26. The summed E-state index contributed by atoms with van der Waals surface area (Å²) < 4.78 is 10.6. The van der Waals surface area contributed by atoms with Crippen LogP contribution in [0.25, 0.3) is 0 Å². The van der Waals surface area contributed by atoms with Crippen LogP contribution in [0.3, 0.4) is 0 Å². The largest absolute Gasteiger partial charge is 0.462 e. The predicted octanol–water partition coefficient (Wildman–Crippen LogP) is 13.1. The molecule has 0 spiro atoms. The summed E-state index contributed by atoms with van der Waals surface area (Å²) in [5, 5.41) is 9.56. The van der Waals surface area contributed by atoms with Gasteiger partial charge in [0.15, 0.2) is 6.10 Å². The SMILES string of the molecule is CCCCCC/C=C\CCCCCCCCCC(=O)O[C@@H](CO)COC(=O)CCCCCCCCCCC/C=C\CCCCCCCC. The molecule has 0 fully saturated rings. The first-order valence-electron chi connectivity index (χ1n) is 20.9. The molecule has 0 bridgehead atoms. The van der Waals surface area contributed by atoms with E-state index in [1.165, 1.54) is 154 Å². The Morgan fingerprint density at radius 2 is 0.771 bits per heavy atom. The van der Waals surface area contributed by atoms with E-state index in [2.05, 4.69) is 38.2 Å². The first-order chi connectivity index (χ1) is 23.6. The number of carbonyl (C=O) groups is 2. The highest BCUT2D eigenvalue weighted by molar-refractivity contribution is 5.70. The van der Waals surface area contributed by atoms with E-state index in [0.29, 0.717) is 12.8 Å². The second-order valence-electron chi connectivity index (χ2n) is 14.1. The maximum Gasteiger partial charge on any atom is 0.306 e. The topological polar surface area (TPSA) is 72.8 Å². The van der Waals surface area contributed by atoms with Gasteiger partial charge in [0.05, 0.1) is 6.61 Å². The quantitative estimate of drug-likeness (QED) is 0.0400. The van der Waals surface area contributed by atoms with E-state index in [9.17, 15) is 14.7 Å². The lowest BCUT2D eigenvalue weighted by atomic mass is 10.1. The molecular weight excluding hydrogens is 596 g/mol. The van der Waals surface area contributed by atoms with E-state index in [-0.39, 0.29) is 25.2 Å². The Morgan fingerprint density at radius 3 is 1.15 bits per heavy atom. The molecule has 0 aliphatic heterocycles. The molecule has 0 saturated heterocycles. The molecule has 0 unspecified atom stereocenters. The summed E-state index contributed by atoms with van der Waals surface area (Å²) >= 11 is 0. The number of hydrogen-bond donors (Lipinski definition) is 1. The van der Waals surface area contributed by atoms with E-state index in [4.69, 9.17) is 9.47 Å². The summed E-state index contributed by atoms with van der Waals surface area (Å²) in [6.07, 6.45) is 46.7. The lowest BCUT2D eigenvalue weighted by Gasteiger charge is -2.15. The van der Waals surface area contributed by atoms with Crippen LogP contribution < -0.4 is 0 Å². The van der Waals surface area contributed by atoms with Gasteiger partial charge in [0, 0.05) is 12.8 Å². The molecule has 5 heteroatoms. The smallest absolute Gasteiger partial charge is 0.306 e. The normalized spacial score (nSPS) is 12.3. The zero-order chi connectivity index (χ0) is 35.0. The number of aliphatic hydroxyl groups is 1. The van der Waals surface area contributed by atoms with E-state index < -0.39 is 6.10 Å². The average Bonchev–Trinajstić information content (AvgIpc) is 3.09. The van der Waals surface area contributed by atoms with Crippen LogP contribution >= 0.6 is 0 Å². The maximum absolute atomic E-state index is 12.2. The van der Waals surface area contributed by atoms with Crippen LogP contribution in [0.2, 0.25) is 0 Å². The van der Waals surface area contributed by atoms with Gasteiger partial charge in [-0.2, -0.15) is 0 Å². The van der Waals surface area contributed by atoms with Crippen molar-refractivity contribution in [2.24, 2.45) is 0 Å². The van der Waals surface area contributed by atoms with Gasteiger partial charge in [-0.05, 0) is 64.2 Å². The summed E-state index contributed by atoms with van der Waals surface area (Å²) in [6, 6.07) is 0. The summed E-state index contributed by atoms with van der Waals surface area (Å²) in [5.41, 5.74) is 0. The van der Waals surface area contributed by atoms with Crippen molar-refractivity contribution in [2.45, 2.75) is 225 Å². The molecule has 0 aromatic carbocycles.